The molecule has 1 aliphatic carbocycles. The summed E-state index contributed by atoms with van der Waals surface area (Å²) in [5.74, 6) is -1.58. The van der Waals surface area contributed by atoms with Gasteiger partial charge in [-0.15, -0.1) is 0 Å². The summed E-state index contributed by atoms with van der Waals surface area (Å²) in [5.41, 5.74) is 0. The third-order valence-corrected chi connectivity index (χ3v) is 5.30. The van der Waals surface area contributed by atoms with Crippen LogP contribution in [0.5, 0.6) is 0 Å². The molecule has 1 aromatic rings. The van der Waals surface area contributed by atoms with Crippen LogP contribution in [0.15, 0.2) is 33.6 Å². The van der Waals surface area contributed by atoms with E-state index in [4.69, 9.17) is 5.11 Å². The summed E-state index contributed by atoms with van der Waals surface area (Å²) in [6.45, 7) is 0. The first kappa shape index (κ1) is 14.5. The fourth-order valence-corrected chi connectivity index (χ4v) is 3.85. The van der Waals surface area contributed by atoms with E-state index in [0.29, 0.717) is 12.8 Å². The lowest BCUT2D eigenvalue weighted by Crippen LogP contribution is -2.40. The van der Waals surface area contributed by atoms with E-state index in [9.17, 15) is 13.2 Å². The van der Waals surface area contributed by atoms with Crippen molar-refractivity contribution in [3.05, 3.63) is 28.7 Å². The van der Waals surface area contributed by atoms with E-state index in [2.05, 4.69) is 20.7 Å². The van der Waals surface area contributed by atoms with Crippen LogP contribution in [-0.2, 0) is 14.8 Å². The van der Waals surface area contributed by atoms with Crippen molar-refractivity contribution in [2.75, 3.05) is 0 Å². The molecule has 1 aliphatic rings. The second-order valence-corrected chi connectivity index (χ2v) is 7.19. The Balaban J connectivity index is 2.17. The zero-order valence-electron chi connectivity index (χ0n) is 10.0. The Morgan fingerprint density at radius 3 is 2.47 bits per heavy atom. The van der Waals surface area contributed by atoms with Crippen LogP contribution in [0, 0.1) is 5.92 Å². The fourth-order valence-electron chi connectivity index (χ4n) is 2.28. The number of sulfonamides is 1. The van der Waals surface area contributed by atoms with Crippen LogP contribution in [0.25, 0.3) is 0 Å². The first-order valence-electron chi connectivity index (χ1n) is 5.91. The Morgan fingerprint density at radius 1 is 1.26 bits per heavy atom. The molecule has 0 heterocycles. The molecular formula is C12H14BrNO4S. The average Bonchev–Trinajstić information content (AvgIpc) is 2.77. The Bertz CT molecular complexity index is 570. The highest BCUT2D eigenvalue weighted by Gasteiger charge is 2.35. The molecular weight excluding hydrogens is 334 g/mol. The maximum atomic E-state index is 12.1. The normalized spacial score (nSPS) is 23.4. The Hall–Kier alpha value is -0.920. The van der Waals surface area contributed by atoms with E-state index < -0.39 is 28.0 Å². The predicted octanol–water partition coefficient (Wildman–Crippen LogP) is 1.98. The lowest BCUT2D eigenvalue weighted by molar-refractivity contribution is -0.141. The molecule has 0 spiro atoms. The predicted molar refractivity (Wildman–Crippen MR) is 73.2 cm³/mol. The number of nitrogens with one attached hydrogen (secondary N) is 1. The van der Waals surface area contributed by atoms with Crippen molar-refractivity contribution in [1.29, 1.82) is 0 Å². The number of hydrogen-bond donors (Lipinski definition) is 2. The number of hydrogen-bond acceptors (Lipinski definition) is 3. The molecule has 0 radical (unpaired) electrons. The number of carboxylic acid groups (broad SMARTS) is 1. The summed E-state index contributed by atoms with van der Waals surface area (Å²) < 4.78 is 27.6. The molecule has 0 bridgehead atoms. The number of carbonyl (C=O) groups is 1. The molecule has 19 heavy (non-hydrogen) atoms. The van der Waals surface area contributed by atoms with Crippen LogP contribution in [-0.4, -0.2) is 25.5 Å². The Labute approximate surface area is 120 Å². The van der Waals surface area contributed by atoms with Crippen molar-refractivity contribution in [1.82, 2.24) is 4.72 Å². The van der Waals surface area contributed by atoms with E-state index in [1.54, 1.807) is 12.1 Å². The van der Waals surface area contributed by atoms with E-state index in [-0.39, 0.29) is 4.90 Å². The molecule has 1 fully saturated rings. The monoisotopic (exact) mass is 347 g/mol. The number of halogens is 1. The number of benzene rings is 1. The number of rotatable bonds is 4. The van der Waals surface area contributed by atoms with Crippen LogP contribution in [0.1, 0.15) is 19.3 Å². The Kier molecular flexibility index (Phi) is 4.27. The van der Waals surface area contributed by atoms with Crippen molar-refractivity contribution in [2.45, 2.75) is 30.2 Å². The van der Waals surface area contributed by atoms with Gasteiger partial charge in [0, 0.05) is 10.5 Å². The molecule has 1 saturated carbocycles. The minimum Gasteiger partial charge on any atom is -0.481 e. The SMILES string of the molecule is O=C(O)C1CCCC1NS(=O)(=O)c1ccc(Br)cc1. The first-order valence-corrected chi connectivity index (χ1v) is 8.18. The summed E-state index contributed by atoms with van der Waals surface area (Å²) >= 11 is 3.24. The molecule has 104 valence electrons. The van der Waals surface area contributed by atoms with Crippen molar-refractivity contribution in [3.63, 3.8) is 0 Å². The molecule has 7 heteroatoms. The molecule has 0 amide bonds. The first-order chi connectivity index (χ1) is 8.90. The molecule has 2 atom stereocenters. The van der Waals surface area contributed by atoms with E-state index >= 15 is 0 Å². The van der Waals surface area contributed by atoms with Gasteiger partial charge in [-0.2, -0.15) is 0 Å². The van der Waals surface area contributed by atoms with Gasteiger partial charge in [-0.1, -0.05) is 22.4 Å². The topological polar surface area (TPSA) is 83.5 Å². The highest BCUT2D eigenvalue weighted by Crippen LogP contribution is 2.27. The van der Waals surface area contributed by atoms with E-state index in [0.717, 1.165) is 10.9 Å². The van der Waals surface area contributed by atoms with Gasteiger partial charge in [0.05, 0.1) is 10.8 Å². The largest absolute Gasteiger partial charge is 0.481 e. The van der Waals surface area contributed by atoms with E-state index in [1.165, 1.54) is 12.1 Å². The second-order valence-electron chi connectivity index (χ2n) is 4.56. The lowest BCUT2D eigenvalue weighted by atomic mass is 10.1. The highest BCUT2D eigenvalue weighted by atomic mass is 79.9. The zero-order valence-corrected chi connectivity index (χ0v) is 12.4. The van der Waals surface area contributed by atoms with Crippen molar-refractivity contribution < 1.29 is 18.3 Å². The van der Waals surface area contributed by atoms with E-state index in [1.807, 2.05) is 0 Å². The van der Waals surface area contributed by atoms with Crippen molar-refractivity contribution in [2.24, 2.45) is 5.92 Å². The van der Waals surface area contributed by atoms with Gasteiger partial charge in [0.25, 0.3) is 0 Å². The van der Waals surface area contributed by atoms with Gasteiger partial charge in [-0.25, -0.2) is 13.1 Å². The summed E-state index contributed by atoms with van der Waals surface area (Å²) in [4.78, 5) is 11.2. The molecule has 0 aliphatic heterocycles. The molecule has 2 N–H and O–H groups in total. The summed E-state index contributed by atoms with van der Waals surface area (Å²) in [6.07, 6.45) is 1.81. The van der Waals surface area contributed by atoms with Gasteiger partial charge in [-0.05, 0) is 37.1 Å². The van der Waals surface area contributed by atoms with Gasteiger partial charge >= 0.3 is 5.97 Å². The van der Waals surface area contributed by atoms with Crippen LogP contribution in [0.2, 0.25) is 0 Å². The standard InChI is InChI=1S/C12H14BrNO4S/c13-8-4-6-9(7-5-8)19(17,18)14-11-3-1-2-10(11)12(15)16/h4-7,10-11,14H,1-3H2,(H,15,16). The maximum Gasteiger partial charge on any atom is 0.308 e. The van der Waals surface area contributed by atoms with Crippen LogP contribution < -0.4 is 4.72 Å². The molecule has 2 rings (SSSR count). The lowest BCUT2D eigenvalue weighted by Gasteiger charge is -2.17. The molecule has 0 aromatic heterocycles. The van der Waals surface area contributed by atoms with Gasteiger partial charge < -0.3 is 5.11 Å². The quantitative estimate of drug-likeness (QED) is 0.872. The highest BCUT2D eigenvalue weighted by molar-refractivity contribution is 9.10. The Morgan fingerprint density at radius 2 is 1.89 bits per heavy atom. The third kappa shape index (κ3) is 3.34. The number of carboxylic acids is 1. The van der Waals surface area contributed by atoms with Crippen LogP contribution in [0.4, 0.5) is 0 Å². The average molecular weight is 348 g/mol. The maximum absolute atomic E-state index is 12.1. The smallest absolute Gasteiger partial charge is 0.308 e. The zero-order chi connectivity index (χ0) is 14.0. The van der Waals surface area contributed by atoms with Gasteiger partial charge in [0.15, 0.2) is 0 Å². The summed E-state index contributed by atoms with van der Waals surface area (Å²) in [5, 5.41) is 9.05. The molecule has 5 nitrogen and oxygen atoms in total. The van der Waals surface area contributed by atoms with Crippen LogP contribution in [0.3, 0.4) is 0 Å². The minimum atomic E-state index is -3.66. The molecule has 0 saturated heterocycles. The van der Waals surface area contributed by atoms with Crippen molar-refractivity contribution >= 4 is 31.9 Å². The van der Waals surface area contributed by atoms with Gasteiger partial charge in [0.1, 0.15) is 0 Å². The van der Waals surface area contributed by atoms with Crippen molar-refractivity contribution in [3.8, 4) is 0 Å². The summed E-state index contributed by atoms with van der Waals surface area (Å²) in [6, 6.07) is 5.72. The second kappa shape index (κ2) is 5.60. The fraction of sp³-hybridized carbons (Fsp3) is 0.417. The molecule has 2 unspecified atom stereocenters. The molecule has 1 aromatic carbocycles. The van der Waals surface area contributed by atoms with Gasteiger partial charge in [0.2, 0.25) is 10.0 Å². The minimum absolute atomic E-state index is 0.145. The van der Waals surface area contributed by atoms with Gasteiger partial charge in [-0.3, -0.25) is 4.79 Å². The van der Waals surface area contributed by atoms with Crippen LogP contribution >= 0.6 is 15.9 Å². The summed E-state index contributed by atoms with van der Waals surface area (Å²) in [7, 11) is -3.66. The number of aliphatic carboxylic acids is 1. The third-order valence-electron chi connectivity index (χ3n) is 3.26.